The summed E-state index contributed by atoms with van der Waals surface area (Å²) >= 11 is 1.49. The maximum Gasteiger partial charge on any atom is 0.276 e. The van der Waals surface area contributed by atoms with Crippen LogP contribution in [0.3, 0.4) is 0 Å². The van der Waals surface area contributed by atoms with Gasteiger partial charge in [-0.05, 0) is 36.4 Å². The Morgan fingerprint density at radius 2 is 1.89 bits per heavy atom. The molecule has 1 aliphatic heterocycles. The fourth-order valence-corrected chi connectivity index (χ4v) is 5.05. The number of thiophene rings is 1. The van der Waals surface area contributed by atoms with Crippen LogP contribution >= 0.6 is 11.3 Å². The standard InChI is InChI=1S/C25H19N7O2S/c26-11-15-1-4-22(27-12-15)31-5-7-32(8-6-31)25(34)16-2-3-18-17(9-16)10-19(28-18)23-24(33)30-21-14-35-13-20(21)29-23/h1-4,9-10,12-14,28H,5-8H2,(H,30,33). The molecule has 1 amide bonds. The van der Waals surface area contributed by atoms with Gasteiger partial charge in [-0.1, -0.05) is 0 Å². The van der Waals surface area contributed by atoms with Crippen molar-refractivity contribution >= 4 is 45.0 Å². The number of pyridine rings is 1. The SMILES string of the molecule is N#Cc1ccc(N2CCN(C(=O)c3ccc4[nH]c(-c5nc6cscc6[nH]c5=O)cc4c3)CC2)nc1. The number of carbonyl (C=O) groups is 1. The zero-order chi connectivity index (χ0) is 23.9. The molecule has 9 nitrogen and oxygen atoms in total. The molecule has 5 heterocycles. The number of aromatic nitrogens is 4. The highest BCUT2D eigenvalue weighted by atomic mass is 32.1. The van der Waals surface area contributed by atoms with Gasteiger partial charge in [0.15, 0.2) is 5.69 Å². The summed E-state index contributed by atoms with van der Waals surface area (Å²) in [5, 5.41) is 13.5. The Bertz CT molecular complexity index is 1670. The number of aromatic amines is 2. The zero-order valence-electron chi connectivity index (χ0n) is 18.5. The number of piperazine rings is 1. The van der Waals surface area contributed by atoms with Crippen LogP contribution in [0.5, 0.6) is 0 Å². The molecular weight excluding hydrogens is 462 g/mol. The minimum absolute atomic E-state index is 0.0299. The molecule has 5 aromatic rings. The van der Waals surface area contributed by atoms with Crippen molar-refractivity contribution in [1.82, 2.24) is 24.8 Å². The second kappa shape index (κ2) is 8.38. The van der Waals surface area contributed by atoms with Crippen molar-refractivity contribution in [1.29, 1.82) is 5.26 Å². The highest BCUT2D eigenvalue weighted by Crippen LogP contribution is 2.25. The summed E-state index contributed by atoms with van der Waals surface area (Å²) in [6.07, 6.45) is 1.56. The van der Waals surface area contributed by atoms with Crippen molar-refractivity contribution in [3.63, 3.8) is 0 Å². The normalized spacial score (nSPS) is 13.9. The van der Waals surface area contributed by atoms with Crippen LogP contribution in [0.4, 0.5) is 5.82 Å². The summed E-state index contributed by atoms with van der Waals surface area (Å²) in [6, 6.07) is 13.0. The first-order valence-electron chi connectivity index (χ1n) is 11.1. The number of carbonyl (C=O) groups excluding carboxylic acids is 1. The van der Waals surface area contributed by atoms with Gasteiger partial charge < -0.3 is 19.8 Å². The Labute approximate surface area is 203 Å². The molecule has 10 heteroatoms. The monoisotopic (exact) mass is 481 g/mol. The van der Waals surface area contributed by atoms with Gasteiger partial charge in [0, 0.05) is 59.6 Å². The van der Waals surface area contributed by atoms with E-state index in [-0.39, 0.29) is 11.5 Å². The Hall–Kier alpha value is -4.49. The molecule has 2 N–H and O–H groups in total. The number of rotatable bonds is 3. The Kier molecular flexibility index (Phi) is 5.04. The second-order valence-corrected chi connectivity index (χ2v) is 9.11. The lowest BCUT2D eigenvalue weighted by Crippen LogP contribution is -2.49. The molecule has 1 aliphatic rings. The van der Waals surface area contributed by atoms with E-state index in [1.54, 1.807) is 18.3 Å². The van der Waals surface area contributed by atoms with E-state index < -0.39 is 0 Å². The molecular formula is C25H19N7O2S. The molecule has 0 atom stereocenters. The molecule has 0 spiro atoms. The molecule has 35 heavy (non-hydrogen) atoms. The fourth-order valence-electron chi connectivity index (χ4n) is 4.36. The van der Waals surface area contributed by atoms with Crippen molar-refractivity contribution in [2.45, 2.75) is 0 Å². The Morgan fingerprint density at radius 1 is 1.03 bits per heavy atom. The quantitative estimate of drug-likeness (QED) is 0.408. The molecule has 172 valence electrons. The minimum Gasteiger partial charge on any atom is -0.353 e. The average molecular weight is 482 g/mol. The lowest BCUT2D eigenvalue weighted by atomic mass is 10.1. The van der Waals surface area contributed by atoms with Gasteiger partial charge in [0.1, 0.15) is 11.9 Å². The number of nitrogens with one attached hydrogen (secondary N) is 2. The van der Waals surface area contributed by atoms with Crippen molar-refractivity contribution < 1.29 is 4.79 Å². The number of hydrogen-bond donors (Lipinski definition) is 2. The minimum atomic E-state index is -0.256. The second-order valence-electron chi connectivity index (χ2n) is 8.37. The van der Waals surface area contributed by atoms with E-state index in [9.17, 15) is 9.59 Å². The summed E-state index contributed by atoms with van der Waals surface area (Å²) in [5.41, 5.74) is 4.11. The van der Waals surface area contributed by atoms with E-state index in [4.69, 9.17) is 5.26 Å². The molecule has 0 radical (unpaired) electrons. The molecule has 6 rings (SSSR count). The van der Waals surface area contributed by atoms with Gasteiger partial charge in [0.05, 0.1) is 22.3 Å². The van der Waals surface area contributed by atoms with Crippen LogP contribution in [0.25, 0.3) is 33.3 Å². The highest BCUT2D eigenvalue weighted by Gasteiger charge is 2.23. The summed E-state index contributed by atoms with van der Waals surface area (Å²) in [5.74, 6) is 0.777. The highest BCUT2D eigenvalue weighted by molar-refractivity contribution is 7.09. The van der Waals surface area contributed by atoms with Crippen LogP contribution in [0.15, 0.2) is 58.1 Å². The van der Waals surface area contributed by atoms with Gasteiger partial charge in [-0.2, -0.15) is 5.26 Å². The van der Waals surface area contributed by atoms with Gasteiger partial charge >= 0.3 is 0 Å². The lowest BCUT2D eigenvalue weighted by Gasteiger charge is -2.35. The number of benzene rings is 1. The average Bonchev–Trinajstić information content (AvgIpc) is 3.53. The van der Waals surface area contributed by atoms with Gasteiger partial charge in [0.2, 0.25) is 0 Å². The number of anilines is 1. The van der Waals surface area contributed by atoms with Crippen molar-refractivity contribution in [3.8, 4) is 17.5 Å². The smallest absolute Gasteiger partial charge is 0.276 e. The number of nitrogens with zero attached hydrogens (tertiary/aromatic N) is 5. The molecule has 0 unspecified atom stereocenters. The number of amides is 1. The van der Waals surface area contributed by atoms with E-state index >= 15 is 0 Å². The van der Waals surface area contributed by atoms with Gasteiger partial charge in [0.25, 0.3) is 11.5 Å². The van der Waals surface area contributed by atoms with Crippen LogP contribution in [-0.2, 0) is 0 Å². The maximum atomic E-state index is 13.2. The van der Waals surface area contributed by atoms with E-state index in [1.807, 2.05) is 39.9 Å². The van der Waals surface area contributed by atoms with E-state index in [0.29, 0.717) is 48.7 Å². The largest absolute Gasteiger partial charge is 0.353 e. The van der Waals surface area contributed by atoms with Crippen molar-refractivity contribution in [2.75, 3.05) is 31.1 Å². The molecule has 0 aliphatic carbocycles. The fraction of sp³-hybridized carbons (Fsp3) is 0.160. The third-order valence-electron chi connectivity index (χ3n) is 6.23. The van der Waals surface area contributed by atoms with Gasteiger partial charge in [-0.15, -0.1) is 11.3 Å². The molecule has 1 aromatic carbocycles. The molecule has 0 bridgehead atoms. The topological polar surface area (TPSA) is 122 Å². The number of H-pyrrole nitrogens is 2. The van der Waals surface area contributed by atoms with E-state index in [2.05, 4.69) is 30.9 Å². The Morgan fingerprint density at radius 3 is 2.66 bits per heavy atom. The van der Waals surface area contributed by atoms with Crippen LogP contribution in [0, 0.1) is 11.3 Å². The first-order valence-corrected chi connectivity index (χ1v) is 12.0. The van der Waals surface area contributed by atoms with Crippen LogP contribution in [0.2, 0.25) is 0 Å². The lowest BCUT2D eigenvalue weighted by molar-refractivity contribution is 0.0746. The summed E-state index contributed by atoms with van der Waals surface area (Å²) in [7, 11) is 0. The molecule has 1 fully saturated rings. The first-order chi connectivity index (χ1) is 17.1. The van der Waals surface area contributed by atoms with Gasteiger partial charge in [-0.25, -0.2) is 9.97 Å². The third kappa shape index (κ3) is 3.82. The van der Waals surface area contributed by atoms with Crippen LogP contribution in [0.1, 0.15) is 15.9 Å². The maximum absolute atomic E-state index is 13.2. The first kappa shape index (κ1) is 21.1. The zero-order valence-corrected chi connectivity index (χ0v) is 19.3. The molecule has 1 saturated heterocycles. The number of nitriles is 1. The number of fused-ring (bicyclic) bond motifs is 2. The van der Waals surface area contributed by atoms with E-state index in [1.165, 1.54) is 11.3 Å². The summed E-state index contributed by atoms with van der Waals surface area (Å²) < 4.78 is 0. The molecule has 0 saturated carbocycles. The van der Waals surface area contributed by atoms with Crippen molar-refractivity contribution in [3.05, 3.63) is 74.8 Å². The Balaban J connectivity index is 1.20. The third-order valence-corrected chi connectivity index (χ3v) is 6.96. The van der Waals surface area contributed by atoms with Crippen LogP contribution < -0.4 is 10.5 Å². The van der Waals surface area contributed by atoms with Gasteiger partial charge in [-0.3, -0.25) is 9.59 Å². The number of hydrogen-bond acceptors (Lipinski definition) is 7. The van der Waals surface area contributed by atoms with Crippen molar-refractivity contribution in [2.24, 2.45) is 0 Å². The summed E-state index contributed by atoms with van der Waals surface area (Å²) in [4.78, 5) is 44.7. The van der Waals surface area contributed by atoms with E-state index in [0.717, 1.165) is 27.8 Å². The summed E-state index contributed by atoms with van der Waals surface area (Å²) in [6.45, 7) is 2.50. The predicted molar refractivity (Wildman–Crippen MR) is 135 cm³/mol. The molecule has 4 aromatic heterocycles. The van der Waals surface area contributed by atoms with Crippen LogP contribution in [-0.4, -0.2) is 56.9 Å². The predicted octanol–water partition coefficient (Wildman–Crippen LogP) is 3.36.